The average molecular weight is 202 g/mol. The molecule has 0 unspecified atom stereocenters. The fourth-order valence-corrected chi connectivity index (χ4v) is 1.13. The minimum Gasteiger partial charge on any atom is -0.394 e. The summed E-state index contributed by atoms with van der Waals surface area (Å²) in [5.74, 6) is 1.25. The zero-order valence-electron chi connectivity index (χ0n) is 7.58. The highest BCUT2D eigenvalue weighted by atomic mass is 35.5. The van der Waals surface area contributed by atoms with Crippen LogP contribution < -0.4 is 5.32 Å². The first-order valence-corrected chi connectivity index (χ1v) is 4.38. The Kier molecular flexibility index (Phi) is 3.45. The molecule has 0 aliphatic heterocycles. The molecule has 72 valence electrons. The smallest absolute Gasteiger partial charge is 0.134 e. The number of aryl methyl sites for hydroxylation is 1. The first kappa shape index (κ1) is 10.2. The molecule has 0 aliphatic carbocycles. The summed E-state index contributed by atoms with van der Waals surface area (Å²) in [7, 11) is 0. The van der Waals surface area contributed by atoms with E-state index in [9.17, 15) is 0 Å². The van der Waals surface area contributed by atoms with Gasteiger partial charge in [-0.15, -0.1) is 0 Å². The Morgan fingerprint density at radius 1 is 1.62 bits per heavy atom. The van der Waals surface area contributed by atoms with Gasteiger partial charge in [-0.05, 0) is 13.8 Å². The second-order valence-electron chi connectivity index (χ2n) is 2.85. The van der Waals surface area contributed by atoms with Gasteiger partial charge < -0.3 is 10.4 Å². The van der Waals surface area contributed by atoms with Crippen molar-refractivity contribution >= 4 is 17.4 Å². The topological polar surface area (TPSA) is 58.0 Å². The molecule has 5 heteroatoms. The monoisotopic (exact) mass is 201 g/mol. The van der Waals surface area contributed by atoms with Crippen LogP contribution >= 0.6 is 11.6 Å². The number of hydrogen-bond donors (Lipinski definition) is 2. The Balaban J connectivity index is 2.77. The van der Waals surface area contributed by atoms with Gasteiger partial charge >= 0.3 is 0 Å². The van der Waals surface area contributed by atoms with Gasteiger partial charge in [-0.25, -0.2) is 9.97 Å². The maximum atomic E-state index is 8.80. The highest BCUT2D eigenvalue weighted by molar-refractivity contribution is 6.29. The van der Waals surface area contributed by atoms with Crippen molar-refractivity contribution in [2.45, 2.75) is 19.9 Å². The summed E-state index contributed by atoms with van der Waals surface area (Å²) in [5.41, 5.74) is 0. The van der Waals surface area contributed by atoms with Gasteiger partial charge in [-0.3, -0.25) is 0 Å². The number of nitrogens with one attached hydrogen (secondary N) is 1. The molecule has 0 fully saturated rings. The molecule has 0 amide bonds. The predicted molar refractivity (Wildman–Crippen MR) is 51.9 cm³/mol. The van der Waals surface area contributed by atoms with Gasteiger partial charge in [0.05, 0.1) is 6.61 Å². The number of anilines is 1. The third-order valence-corrected chi connectivity index (χ3v) is 1.67. The van der Waals surface area contributed by atoms with Crippen molar-refractivity contribution in [3.8, 4) is 0 Å². The molecule has 13 heavy (non-hydrogen) atoms. The van der Waals surface area contributed by atoms with Crippen LogP contribution in [0.1, 0.15) is 12.7 Å². The van der Waals surface area contributed by atoms with Crippen molar-refractivity contribution in [1.82, 2.24) is 9.97 Å². The molecule has 0 saturated carbocycles. The highest BCUT2D eigenvalue weighted by Crippen LogP contribution is 2.11. The fourth-order valence-electron chi connectivity index (χ4n) is 0.903. The van der Waals surface area contributed by atoms with E-state index in [0.717, 1.165) is 0 Å². The summed E-state index contributed by atoms with van der Waals surface area (Å²) >= 11 is 5.72. The zero-order chi connectivity index (χ0) is 9.84. The number of nitrogens with zero attached hydrogens (tertiary/aromatic N) is 2. The van der Waals surface area contributed by atoms with Gasteiger partial charge in [0, 0.05) is 12.1 Å². The van der Waals surface area contributed by atoms with Crippen molar-refractivity contribution in [2.24, 2.45) is 0 Å². The van der Waals surface area contributed by atoms with Gasteiger partial charge in [0.15, 0.2) is 0 Å². The molecule has 1 aromatic rings. The number of aromatic nitrogens is 2. The first-order chi connectivity index (χ1) is 6.11. The van der Waals surface area contributed by atoms with E-state index in [4.69, 9.17) is 16.7 Å². The maximum Gasteiger partial charge on any atom is 0.134 e. The number of halogens is 1. The van der Waals surface area contributed by atoms with E-state index in [2.05, 4.69) is 15.3 Å². The molecule has 0 aromatic carbocycles. The standard InChI is InChI=1S/C8H12ClN3O/c1-5(4-13)10-8-3-7(9)11-6(2)12-8/h3,5,13H,4H2,1-2H3,(H,10,11,12)/t5-/m1/s1. The Hall–Kier alpha value is -0.870. The maximum absolute atomic E-state index is 8.80. The lowest BCUT2D eigenvalue weighted by Gasteiger charge is -2.11. The average Bonchev–Trinajstić information content (AvgIpc) is 2.02. The summed E-state index contributed by atoms with van der Waals surface area (Å²) in [4.78, 5) is 8.02. The molecule has 1 aromatic heterocycles. The predicted octanol–water partition coefficient (Wildman–Crippen LogP) is 1.23. The van der Waals surface area contributed by atoms with Crippen LogP contribution in [-0.2, 0) is 0 Å². The lowest BCUT2D eigenvalue weighted by atomic mass is 10.3. The SMILES string of the molecule is Cc1nc(Cl)cc(N[C@H](C)CO)n1. The highest BCUT2D eigenvalue weighted by Gasteiger charge is 2.03. The lowest BCUT2D eigenvalue weighted by Crippen LogP contribution is -2.20. The quantitative estimate of drug-likeness (QED) is 0.723. The van der Waals surface area contributed by atoms with Gasteiger partial charge in [-0.1, -0.05) is 11.6 Å². The number of rotatable bonds is 3. The molecule has 1 rings (SSSR count). The Morgan fingerprint density at radius 2 is 2.31 bits per heavy atom. The van der Waals surface area contributed by atoms with Crippen LogP contribution in [0, 0.1) is 6.92 Å². The second-order valence-corrected chi connectivity index (χ2v) is 3.24. The van der Waals surface area contributed by atoms with Crippen LogP contribution in [0.2, 0.25) is 5.15 Å². The van der Waals surface area contributed by atoms with Gasteiger partial charge in [0.1, 0.15) is 16.8 Å². The number of hydrogen-bond acceptors (Lipinski definition) is 4. The van der Waals surface area contributed by atoms with Crippen molar-refractivity contribution < 1.29 is 5.11 Å². The number of aliphatic hydroxyl groups is 1. The van der Waals surface area contributed by atoms with Crippen molar-refractivity contribution in [3.63, 3.8) is 0 Å². The number of aliphatic hydroxyl groups excluding tert-OH is 1. The normalized spacial score (nSPS) is 12.6. The lowest BCUT2D eigenvalue weighted by molar-refractivity contribution is 0.281. The molecule has 0 saturated heterocycles. The molecule has 1 heterocycles. The largest absolute Gasteiger partial charge is 0.394 e. The van der Waals surface area contributed by atoms with Crippen LogP contribution in [-0.4, -0.2) is 27.7 Å². The second kappa shape index (κ2) is 4.39. The first-order valence-electron chi connectivity index (χ1n) is 4.00. The third-order valence-electron chi connectivity index (χ3n) is 1.47. The van der Waals surface area contributed by atoms with Crippen molar-refractivity contribution in [2.75, 3.05) is 11.9 Å². The third kappa shape index (κ3) is 3.16. The van der Waals surface area contributed by atoms with E-state index < -0.39 is 0 Å². The van der Waals surface area contributed by atoms with Crippen LogP contribution in [0.4, 0.5) is 5.82 Å². The summed E-state index contributed by atoms with van der Waals surface area (Å²) < 4.78 is 0. The Bertz CT molecular complexity index is 272. The van der Waals surface area contributed by atoms with Crippen LogP contribution in [0.3, 0.4) is 0 Å². The van der Waals surface area contributed by atoms with E-state index in [1.165, 1.54) is 0 Å². The minimum absolute atomic E-state index is 0.0367. The molecule has 0 spiro atoms. The summed E-state index contributed by atoms with van der Waals surface area (Å²) in [6.07, 6.45) is 0. The molecule has 0 aliphatic rings. The molecule has 0 radical (unpaired) electrons. The molecule has 0 bridgehead atoms. The fraction of sp³-hybridized carbons (Fsp3) is 0.500. The van der Waals surface area contributed by atoms with Crippen LogP contribution in [0.25, 0.3) is 0 Å². The molecular formula is C8H12ClN3O. The van der Waals surface area contributed by atoms with E-state index in [1.54, 1.807) is 13.0 Å². The Labute approximate surface area is 82.0 Å². The van der Waals surface area contributed by atoms with E-state index in [0.29, 0.717) is 16.8 Å². The van der Waals surface area contributed by atoms with Crippen molar-refractivity contribution in [1.29, 1.82) is 0 Å². The summed E-state index contributed by atoms with van der Waals surface area (Å²) in [6, 6.07) is 1.59. The molecule has 2 N–H and O–H groups in total. The summed E-state index contributed by atoms with van der Waals surface area (Å²) in [5, 5.41) is 12.2. The van der Waals surface area contributed by atoms with E-state index >= 15 is 0 Å². The van der Waals surface area contributed by atoms with Crippen LogP contribution in [0.15, 0.2) is 6.07 Å². The van der Waals surface area contributed by atoms with E-state index in [1.807, 2.05) is 6.92 Å². The Morgan fingerprint density at radius 3 is 2.85 bits per heavy atom. The van der Waals surface area contributed by atoms with Crippen molar-refractivity contribution in [3.05, 3.63) is 17.0 Å². The minimum atomic E-state index is -0.0367. The van der Waals surface area contributed by atoms with E-state index in [-0.39, 0.29) is 12.6 Å². The van der Waals surface area contributed by atoms with Crippen LogP contribution in [0.5, 0.6) is 0 Å². The zero-order valence-corrected chi connectivity index (χ0v) is 8.34. The summed E-state index contributed by atoms with van der Waals surface area (Å²) in [6.45, 7) is 3.67. The van der Waals surface area contributed by atoms with Gasteiger partial charge in [-0.2, -0.15) is 0 Å². The molecular weight excluding hydrogens is 190 g/mol. The van der Waals surface area contributed by atoms with Gasteiger partial charge in [0.2, 0.25) is 0 Å². The van der Waals surface area contributed by atoms with Gasteiger partial charge in [0.25, 0.3) is 0 Å². The molecule has 4 nitrogen and oxygen atoms in total. The molecule has 1 atom stereocenters.